The minimum Gasteiger partial charge on any atom is -0.363 e. The second-order valence-corrected chi connectivity index (χ2v) is 3.96. The first-order valence-corrected chi connectivity index (χ1v) is 5.34. The molecule has 1 aromatic heterocycles. The fourth-order valence-corrected chi connectivity index (χ4v) is 1.58. The van der Waals surface area contributed by atoms with Gasteiger partial charge in [0.15, 0.2) is 0 Å². The molecule has 2 rings (SSSR count). The third kappa shape index (κ3) is 2.92. The molecule has 0 saturated heterocycles. The fraction of sp³-hybridized carbons (Fsp3) is 0.182. The number of alkyl halides is 3. The standard InChI is InChI=1S/C11H8F4N4O/c12-7-2-1-5(3-6(7)11(13,14)15)4-8-17-10(9(16)20)19-18-8/h1-3H,4H2,(H2,16,20)(H,17,18,19). The first-order valence-electron chi connectivity index (χ1n) is 5.34. The Morgan fingerprint density at radius 2 is 2.05 bits per heavy atom. The van der Waals surface area contributed by atoms with E-state index in [0.717, 1.165) is 6.07 Å². The van der Waals surface area contributed by atoms with Gasteiger partial charge < -0.3 is 5.73 Å². The molecule has 0 aliphatic carbocycles. The molecule has 0 aliphatic rings. The molecule has 9 heteroatoms. The third-order valence-corrected chi connectivity index (χ3v) is 2.46. The van der Waals surface area contributed by atoms with Crippen LogP contribution in [0.5, 0.6) is 0 Å². The Bertz CT molecular complexity index is 650. The predicted molar refractivity (Wildman–Crippen MR) is 59.1 cm³/mol. The Hall–Kier alpha value is -2.45. The first kappa shape index (κ1) is 14.0. The number of aromatic nitrogens is 3. The average molecular weight is 288 g/mol. The normalized spacial score (nSPS) is 11.6. The monoisotopic (exact) mass is 288 g/mol. The van der Waals surface area contributed by atoms with Gasteiger partial charge in [0.2, 0.25) is 5.82 Å². The van der Waals surface area contributed by atoms with E-state index in [4.69, 9.17) is 5.73 Å². The molecule has 106 valence electrons. The van der Waals surface area contributed by atoms with Crippen molar-refractivity contribution in [3.63, 3.8) is 0 Å². The second kappa shape index (κ2) is 4.91. The van der Waals surface area contributed by atoms with E-state index in [1.807, 2.05) is 0 Å². The van der Waals surface area contributed by atoms with Gasteiger partial charge in [0.05, 0.1) is 5.56 Å². The lowest BCUT2D eigenvalue weighted by Gasteiger charge is -2.09. The lowest BCUT2D eigenvalue weighted by atomic mass is 10.1. The zero-order valence-electron chi connectivity index (χ0n) is 9.83. The number of benzene rings is 1. The van der Waals surface area contributed by atoms with Crippen molar-refractivity contribution in [2.24, 2.45) is 5.73 Å². The Balaban J connectivity index is 2.27. The van der Waals surface area contributed by atoms with Gasteiger partial charge >= 0.3 is 6.18 Å². The van der Waals surface area contributed by atoms with Crippen LogP contribution < -0.4 is 5.73 Å². The molecule has 0 radical (unpaired) electrons. The number of carbonyl (C=O) groups is 1. The summed E-state index contributed by atoms with van der Waals surface area (Å²) in [5.74, 6) is -2.32. The summed E-state index contributed by atoms with van der Waals surface area (Å²) < 4.78 is 50.7. The van der Waals surface area contributed by atoms with Crippen molar-refractivity contribution in [2.45, 2.75) is 12.6 Å². The number of nitrogens with two attached hydrogens (primary N) is 1. The summed E-state index contributed by atoms with van der Waals surface area (Å²) in [6.45, 7) is 0. The van der Waals surface area contributed by atoms with Crippen LogP contribution in [-0.2, 0) is 12.6 Å². The first-order chi connectivity index (χ1) is 9.27. The molecule has 0 fully saturated rings. The van der Waals surface area contributed by atoms with E-state index in [-0.39, 0.29) is 23.6 Å². The number of hydrogen-bond acceptors (Lipinski definition) is 3. The van der Waals surface area contributed by atoms with Crippen LogP contribution >= 0.6 is 0 Å². The summed E-state index contributed by atoms with van der Waals surface area (Å²) in [4.78, 5) is 14.5. The van der Waals surface area contributed by atoms with Crippen LogP contribution in [0.15, 0.2) is 18.2 Å². The molecule has 1 heterocycles. The number of nitrogens with zero attached hydrogens (tertiary/aromatic N) is 2. The number of carbonyl (C=O) groups excluding carboxylic acids is 1. The van der Waals surface area contributed by atoms with Gasteiger partial charge in [-0.15, -0.1) is 5.10 Å². The summed E-state index contributed by atoms with van der Waals surface area (Å²) in [5, 5.41) is 5.87. The van der Waals surface area contributed by atoms with Crippen molar-refractivity contribution in [1.82, 2.24) is 15.2 Å². The van der Waals surface area contributed by atoms with Crippen LogP contribution in [0.3, 0.4) is 0 Å². The molecule has 0 bridgehead atoms. The lowest BCUT2D eigenvalue weighted by Crippen LogP contribution is -2.13. The SMILES string of the molecule is NC(=O)c1n[nH]c(Cc2ccc(F)c(C(F)(F)F)c2)n1. The van der Waals surface area contributed by atoms with Crippen LogP contribution in [0.1, 0.15) is 27.6 Å². The number of hydrogen-bond donors (Lipinski definition) is 2. The van der Waals surface area contributed by atoms with E-state index in [2.05, 4.69) is 15.2 Å². The maximum Gasteiger partial charge on any atom is 0.419 e. The molecule has 3 N–H and O–H groups in total. The molecule has 2 aromatic rings. The Kier molecular flexibility index (Phi) is 3.43. The summed E-state index contributed by atoms with van der Waals surface area (Å²) >= 11 is 0. The highest BCUT2D eigenvalue weighted by molar-refractivity contribution is 5.88. The second-order valence-electron chi connectivity index (χ2n) is 3.96. The van der Waals surface area contributed by atoms with Crippen LogP contribution in [-0.4, -0.2) is 21.1 Å². The number of H-pyrrole nitrogens is 1. The quantitative estimate of drug-likeness (QED) is 0.842. The van der Waals surface area contributed by atoms with Gasteiger partial charge in [0, 0.05) is 6.42 Å². The van der Waals surface area contributed by atoms with Crippen molar-refractivity contribution < 1.29 is 22.4 Å². The molecular formula is C11H8F4N4O. The van der Waals surface area contributed by atoms with Crippen molar-refractivity contribution in [2.75, 3.05) is 0 Å². The molecule has 20 heavy (non-hydrogen) atoms. The maximum atomic E-state index is 13.1. The molecule has 0 aliphatic heterocycles. The molecular weight excluding hydrogens is 280 g/mol. The van der Waals surface area contributed by atoms with Gasteiger partial charge in [-0.1, -0.05) is 6.07 Å². The zero-order valence-corrected chi connectivity index (χ0v) is 9.83. The molecule has 0 unspecified atom stereocenters. The van der Waals surface area contributed by atoms with Gasteiger partial charge in [-0.2, -0.15) is 13.2 Å². The number of nitrogens with one attached hydrogen (secondary N) is 1. The Labute approximate surface area is 109 Å². The number of aromatic amines is 1. The number of halogens is 4. The van der Waals surface area contributed by atoms with Crippen LogP contribution in [0.4, 0.5) is 17.6 Å². The Morgan fingerprint density at radius 1 is 1.35 bits per heavy atom. The van der Waals surface area contributed by atoms with E-state index in [1.165, 1.54) is 6.07 Å². The maximum absolute atomic E-state index is 13.1. The molecule has 1 aromatic carbocycles. The highest BCUT2D eigenvalue weighted by atomic mass is 19.4. The van der Waals surface area contributed by atoms with E-state index in [9.17, 15) is 22.4 Å². The van der Waals surface area contributed by atoms with E-state index in [0.29, 0.717) is 6.07 Å². The molecule has 1 amide bonds. The largest absolute Gasteiger partial charge is 0.419 e. The van der Waals surface area contributed by atoms with Crippen molar-refractivity contribution in [3.05, 3.63) is 46.8 Å². The number of primary amides is 1. The lowest BCUT2D eigenvalue weighted by molar-refractivity contribution is -0.140. The van der Waals surface area contributed by atoms with Gasteiger partial charge in [0.25, 0.3) is 5.91 Å². The summed E-state index contributed by atoms with van der Waals surface area (Å²) in [6.07, 6.45) is -4.84. The third-order valence-electron chi connectivity index (χ3n) is 2.46. The van der Waals surface area contributed by atoms with Crippen LogP contribution in [0, 0.1) is 5.82 Å². The molecule has 5 nitrogen and oxygen atoms in total. The highest BCUT2D eigenvalue weighted by Crippen LogP contribution is 2.32. The van der Waals surface area contributed by atoms with Gasteiger partial charge in [-0.05, 0) is 17.7 Å². The Morgan fingerprint density at radius 3 is 2.60 bits per heavy atom. The van der Waals surface area contributed by atoms with Gasteiger partial charge in [-0.3, -0.25) is 9.89 Å². The number of rotatable bonds is 3. The molecule has 0 saturated carbocycles. The molecule has 0 atom stereocenters. The number of amides is 1. The van der Waals surface area contributed by atoms with E-state index >= 15 is 0 Å². The fourth-order valence-electron chi connectivity index (χ4n) is 1.58. The predicted octanol–water partition coefficient (Wildman–Crippen LogP) is 1.65. The smallest absolute Gasteiger partial charge is 0.363 e. The topological polar surface area (TPSA) is 84.7 Å². The van der Waals surface area contributed by atoms with Crippen LogP contribution in [0.25, 0.3) is 0 Å². The van der Waals surface area contributed by atoms with Crippen molar-refractivity contribution >= 4 is 5.91 Å². The van der Waals surface area contributed by atoms with Crippen molar-refractivity contribution in [3.8, 4) is 0 Å². The van der Waals surface area contributed by atoms with E-state index < -0.39 is 23.5 Å². The van der Waals surface area contributed by atoms with Crippen molar-refractivity contribution in [1.29, 1.82) is 0 Å². The minimum atomic E-state index is -4.78. The van der Waals surface area contributed by atoms with Crippen LogP contribution in [0.2, 0.25) is 0 Å². The summed E-state index contributed by atoms with van der Waals surface area (Å²) in [5.41, 5.74) is 3.75. The zero-order chi connectivity index (χ0) is 14.9. The summed E-state index contributed by atoms with van der Waals surface area (Å²) in [7, 11) is 0. The minimum absolute atomic E-state index is 0.0658. The van der Waals surface area contributed by atoms with Gasteiger partial charge in [0.1, 0.15) is 11.6 Å². The van der Waals surface area contributed by atoms with Gasteiger partial charge in [-0.25, -0.2) is 9.37 Å². The molecule has 0 spiro atoms. The highest BCUT2D eigenvalue weighted by Gasteiger charge is 2.34. The summed E-state index contributed by atoms with van der Waals surface area (Å²) in [6, 6.07) is 2.60. The van der Waals surface area contributed by atoms with E-state index in [1.54, 1.807) is 0 Å². The average Bonchev–Trinajstić information content (AvgIpc) is 2.79.